The SMILES string of the molecule is CC(C(=O)NC1CCCC1)N(Cc1ccccc1F)C(=O)CSCc1c(F)cccc1Cl. The third-order valence-electron chi connectivity index (χ3n) is 5.70. The van der Waals surface area contributed by atoms with Crippen LogP contribution in [0.25, 0.3) is 0 Å². The lowest BCUT2D eigenvalue weighted by molar-refractivity contribution is -0.139. The zero-order valence-electron chi connectivity index (χ0n) is 18.0. The number of hydrogen-bond donors (Lipinski definition) is 1. The molecule has 32 heavy (non-hydrogen) atoms. The van der Waals surface area contributed by atoms with Crippen molar-refractivity contribution >= 4 is 35.2 Å². The Balaban J connectivity index is 1.69. The molecule has 1 fully saturated rings. The summed E-state index contributed by atoms with van der Waals surface area (Å²) in [6.45, 7) is 1.63. The van der Waals surface area contributed by atoms with E-state index < -0.39 is 17.7 Å². The second-order valence-electron chi connectivity index (χ2n) is 7.97. The summed E-state index contributed by atoms with van der Waals surface area (Å²) in [6.07, 6.45) is 4.01. The maximum Gasteiger partial charge on any atom is 0.242 e. The predicted molar refractivity (Wildman–Crippen MR) is 124 cm³/mol. The van der Waals surface area contributed by atoms with E-state index in [0.29, 0.717) is 16.1 Å². The van der Waals surface area contributed by atoms with Crippen LogP contribution < -0.4 is 5.32 Å². The van der Waals surface area contributed by atoms with Crippen molar-refractivity contribution in [3.05, 3.63) is 70.2 Å². The van der Waals surface area contributed by atoms with Gasteiger partial charge in [0, 0.05) is 34.5 Å². The van der Waals surface area contributed by atoms with Crippen LogP contribution in [0.3, 0.4) is 0 Å². The van der Waals surface area contributed by atoms with Gasteiger partial charge in [0.2, 0.25) is 11.8 Å². The summed E-state index contributed by atoms with van der Waals surface area (Å²) in [6, 6.07) is 10.0. The van der Waals surface area contributed by atoms with E-state index in [0.717, 1.165) is 25.7 Å². The first-order valence-electron chi connectivity index (χ1n) is 10.7. The van der Waals surface area contributed by atoms with Crippen LogP contribution in [-0.4, -0.2) is 34.6 Å². The molecule has 4 nitrogen and oxygen atoms in total. The van der Waals surface area contributed by atoms with E-state index in [1.807, 2.05) is 0 Å². The molecule has 1 unspecified atom stereocenters. The number of nitrogens with zero attached hydrogens (tertiary/aromatic N) is 1. The minimum absolute atomic E-state index is 0.0141. The average molecular weight is 481 g/mol. The smallest absolute Gasteiger partial charge is 0.242 e. The highest BCUT2D eigenvalue weighted by molar-refractivity contribution is 7.99. The van der Waals surface area contributed by atoms with E-state index in [1.165, 1.54) is 34.9 Å². The van der Waals surface area contributed by atoms with Gasteiger partial charge in [-0.2, -0.15) is 0 Å². The van der Waals surface area contributed by atoms with Gasteiger partial charge in [0.15, 0.2) is 0 Å². The van der Waals surface area contributed by atoms with Gasteiger partial charge in [-0.05, 0) is 38.0 Å². The second kappa shape index (κ2) is 11.7. The number of rotatable bonds is 9. The highest BCUT2D eigenvalue weighted by Crippen LogP contribution is 2.25. The fourth-order valence-corrected chi connectivity index (χ4v) is 5.03. The van der Waals surface area contributed by atoms with Crippen LogP contribution in [0.2, 0.25) is 5.02 Å². The monoisotopic (exact) mass is 480 g/mol. The summed E-state index contributed by atoms with van der Waals surface area (Å²) >= 11 is 7.27. The standard InChI is InChI=1S/C24H27ClF2N2O2S/c1-16(24(31)28-18-8-3-4-9-18)29(13-17-7-2-5-11-21(17)26)23(30)15-32-14-19-20(25)10-6-12-22(19)27/h2,5-7,10-12,16,18H,3-4,8-9,13-15H2,1H3,(H,28,31). The molecule has 2 aromatic rings. The normalized spacial score (nSPS) is 14.9. The molecule has 0 radical (unpaired) electrons. The Hall–Kier alpha value is -2.12. The summed E-state index contributed by atoms with van der Waals surface area (Å²) in [5, 5.41) is 3.31. The molecule has 1 saturated carbocycles. The molecule has 172 valence electrons. The first-order valence-corrected chi connectivity index (χ1v) is 12.2. The van der Waals surface area contributed by atoms with Crippen LogP contribution in [0.5, 0.6) is 0 Å². The lowest BCUT2D eigenvalue weighted by Crippen LogP contribution is -2.50. The van der Waals surface area contributed by atoms with Gasteiger partial charge in [-0.1, -0.05) is 48.7 Å². The molecule has 3 rings (SSSR count). The van der Waals surface area contributed by atoms with Crippen LogP contribution in [0, 0.1) is 11.6 Å². The van der Waals surface area contributed by atoms with Crippen molar-refractivity contribution in [1.29, 1.82) is 0 Å². The number of hydrogen-bond acceptors (Lipinski definition) is 3. The Labute approximate surface area is 196 Å². The third kappa shape index (κ3) is 6.45. The fraction of sp³-hybridized carbons (Fsp3) is 0.417. The van der Waals surface area contributed by atoms with Crippen molar-refractivity contribution in [3.8, 4) is 0 Å². The van der Waals surface area contributed by atoms with Crippen LogP contribution in [0.1, 0.15) is 43.7 Å². The Morgan fingerprint density at radius 3 is 2.50 bits per heavy atom. The Morgan fingerprint density at radius 1 is 1.12 bits per heavy atom. The van der Waals surface area contributed by atoms with Crippen molar-refractivity contribution < 1.29 is 18.4 Å². The molecule has 1 aliphatic carbocycles. The van der Waals surface area contributed by atoms with Crippen LogP contribution in [0.4, 0.5) is 8.78 Å². The van der Waals surface area contributed by atoms with Crippen LogP contribution in [0.15, 0.2) is 42.5 Å². The van der Waals surface area contributed by atoms with Gasteiger partial charge >= 0.3 is 0 Å². The molecule has 0 aliphatic heterocycles. The lowest BCUT2D eigenvalue weighted by atomic mass is 10.1. The number of thioether (sulfide) groups is 1. The lowest BCUT2D eigenvalue weighted by Gasteiger charge is -2.30. The molecule has 0 spiro atoms. The zero-order chi connectivity index (χ0) is 23.1. The molecule has 0 heterocycles. The van der Waals surface area contributed by atoms with E-state index in [2.05, 4.69) is 5.32 Å². The van der Waals surface area contributed by atoms with Crippen molar-refractivity contribution in [3.63, 3.8) is 0 Å². The largest absolute Gasteiger partial charge is 0.352 e. The topological polar surface area (TPSA) is 49.4 Å². The summed E-state index contributed by atoms with van der Waals surface area (Å²) in [5.41, 5.74) is 0.670. The van der Waals surface area contributed by atoms with Crippen molar-refractivity contribution in [2.75, 3.05) is 5.75 Å². The van der Waals surface area contributed by atoms with E-state index in [4.69, 9.17) is 11.6 Å². The molecule has 1 N–H and O–H groups in total. The maximum absolute atomic E-state index is 14.3. The molecule has 1 atom stereocenters. The molecular weight excluding hydrogens is 454 g/mol. The van der Waals surface area contributed by atoms with Gasteiger partial charge in [0.25, 0.3) is 0 Å². The van der Waals surface area contributed by atoms with Crippen molar-refractivity contribution in [1.82, 2.24) is 10.2 Å². The van der Waals surface area contributed by atoms with Gasteiger partial charge < -0.3 is 10.2 Å². The summed E-state index contributed by atoms with van der Waals surface area (Å²) in [7, 11) is 0. The van der Waals surface area contributed by atoms with E-state index >= 15 is 0 Å². The molecule has 1 aliphatic rings. The Bertz CT molecular complexity index is 933. The Kier molecular flexibility index (Phi) is 8.93. The molecule has 2 aromatic carbocycles. The average Bonchev–Trinajstić information content (AvgIpc) is 3.27. The second-order valence-corrected chi connectivity index (χ2v) is 9.36. The molecule has 0 saturated heterocycles. The van der Waals surface area contributed by atoms with Crippen LogP contribution in [-0.2, 0) is 21.9 Å². The number of amides is 2. The zero-order valence-corrected chi connectivity index (χ0v) is 19.5. The van der Waals surface area contributed by atoms with E-state index in [1.54, 1.807) is 31.2 Å². The minimum atomic E-state index is -0.764. The summed E-state index contributed by atoms with van der Waals surface area (Å²) in [5.74, 6) is -1.19. The van der Waals surface area contributed by atoms with Crippen molar-refractivity contribution in [2.24, 2.45) is 0 Å². The van der Waals surface area contributed by atoms with E-state index in [-0.39, 0.29) is 35.9 Å². The van der Waals surface area contributed by atoms with Gasteiger partial charge in [-0.3, -0.25) is 9.59 Å². The quantitative estimate of drug-likeness (QED) is 0.528. The molecule has 0 bridgehead atoms. The molecule has 8 heteroatoms. The highest BCUT2D eigenvalue weighted by atomic mass is 35.5. The van der Waals surface area contributed by atoms with Gasteiger partial charge in [-0.15, -0.1) is 11.8 Å². The maximum atomic E-state index is 14.3. The summed E-state index contributed by atoms with van der Waals surface area (Å²) in [4.78, 5) is 27.3. The van der Waals surface area contributed by atoms with Crippen molar-refractivity contribution in [2.45, 2.75) is 57.0 Å². The van der Waals surface area contributed by atoms with Crippen LogP contribution >= 0.6 is 23.4 Å². The predicted octanol–water partition coefficient (Wildman–Crippen LogP) is 5.33. The van der Waals surface area contributed by atoms with Gasteiger partial charge in [0.05, 0.1) is 5.75 Å². The van der Waals surface area contributed by atoms with Gasteiger partial charge in [-0.25, -0.2) is 8.78 Å². The van der Waals surface area contributed by atoms with Gasteiger partial charge in [0.1, 0.15) is 17.7 Å². The molecular formula is C24H27ClF2N2O2S. The third-order valence-corrected chi connectivity index (χ3v) is 7.00. The number of carbonyl (C=O) groups is 2. The highest BCUT2D eigenvalue weighted by Gasteiger charge is 2.29. The summed E-state index contributed by atoms with van der Waals surface area (Å²) < 4.78 is 28.3. The van der Waals surface area contributed by atoms with E-state index in [9.17, 15) is 18.4 Å². The number of carbonyl (C=O) groups excluding carboxylic acids is 2. The molecule has 0 aromatic heterocycles. The first-order chi connectivity index (χ1) is 15.4. The molecule has 2 amide bonds. The number of nitrogens with one attached hydrogen (secondary N) is 1. The first kappa shape index (κ1) is 24.5. The number of halogens is 3. The number of benzene rings is 2. The Morgan fingerprint density at radius 2 is 1.81 bits per heavy atom. The fourth-order valence-electron chi connectivity index (χ4n) is 3.78. The minimum Gasteiger partial charge on any atom is -0.352 e.